The van der Waals surface area contributed by atoms with E-state index < -0.39 is 23.3 Å². The number of nitrogens with zero attached hydrogens (tertiary/aromatic N) is 2. The number of hydrogen-bond acceptors (Lipinski definition) is 6. The minimum absolute atomic E-state index is 0.0639. The smallest absolute Gasteiger partial charge is 0.410 e. The summed E-state index contributed by atoms with van der Waals surface area (Å²) < 4.78 is 34.0. The largest absolute Gasteiger partial charge is 0.494 e. The van der Waals surface area contributed by atoms with Gasteiger partial charge in [-0.25, -0.2) is 14.0 Å². The van der Waals surface area contributed by atoms with Crippen LogP contribution in [-0.4, -0.2) is 35.2 Å². The molecular formula is C32H29FN2O6. The maximum absolute atomic E-state index is 15.9. The number of fused-ring (bicyclic) bond motifs is 2. The average Bonchev–Trinajstić information content (AvgIpc) is 3.74. The zero-order valence-electron chi connectivity index (χ0n) is 22.8. The van der Waals surface area contributed by atoms with E-state index in [1.54, 1.807) is 17.9 Å². The van der Waals surface area contributed by atoms with Crippen molar-refractivity contribution in [1.29, 1.82) is 0 Å². The van der Waals surface area contributed by atoms with Gasteiger partial charge in [-0.2, -0.15) is 0 Å². The molecule has 0 radical (unpaired) electrons. The standard InChI is InChI=1S/C32H29FN2O6/c1-3-40-31(37)25-17-35(23-11-12-23)28-24(29(25)36)14-26(33)27(30(28)39-2)20-9-10-21-15-34(16-22(21)13-20)32(38)41-18-19-7-5-4-6-8-19/h4-10,13-14,17,23H,3,11-12,15-16,18H2,1-2H3. The van der Waals surface area contributed by atoms with E-state index in [4.69, 9.17) is 14.2 Å². The third-order valence-electron chi connectivity index (χ3n) is 7.54. The molecule has 4 aromatic rings. The Morgan fingerprint density at radius 2 is 1.76 bits per heavy atom. The fourth-order valence-electron chi connectivity index (χ4n) is 5.41. The lowest BCUT2D eigenvalue weighted by Gasteiger charge is -2.19. The number of rotatable bonds is 7. The number of methoxy groups -OCH3 is 1. The molecule has 3 aromatic carbocycles. The van der Waals surface area contributed by atoms with Gasteiger partial charge in [0.15, 0.2) is 5.75 Å². The van der Waals surface area contributed by atoms with Gasteiger partial charge in [0, 0.05) is 25.3 Å². The van der Waals surface area contributed by atoms with E-state index >= 15 is 4.39 Å². The summed E-state index contributed by atoms with van der Waals surface area (Å²) in [4.78, 5) is 40.2. The monoisotopic (exact) mass is 556 g/mol. The number of aromatic nitrogens is 1. The number of esters is 1. The van der Waals surface area contributed by atoms with E-state index in [1.807, 2.05) is 47.0 Å². The Kier molecular flexibility index (Phi) is 6.95. The first-order valence-corrected chi connectivity index (χ1v) is 13.6. The van der Waals surface area contributed by atoms with Crippen LogP contribution in [-0.2, 0) is 29.2 Å². The number of carbonyl (C=O) groups excluding carboxylic acids is 2. The van der Waals surface area contributed by atoms with Crippen LogP contribution in [0.15, 0.2) is 65.6 Å². The summed E-state index contributed by atoms with van der Waals surface area (Å²) in [5, 5.41) is 0.0639. The third-order valence-corrected chi connectivity index (χ3v) is 7.54. The molecular weight excluding hydrogens is 527 g/mol. The van der Waals surface area contributed by atoms with Crippen molar-refractivity contribution >= 4 is 23.0 Å². The van der Waals surface area contributed by atoms with E-state index in [-0.39, 0.29) is 41.5 Å². The molecule has 6 rings (SSSR count). The Labute approximate surface area is 235 Å². The quantitative estimate of drug-likeness (QED) is 0.260. The fourth-order valence-corrected chi connectivity index (χ4v) is 5.41. The summed E-state index contributed by atoms with van der Waals surface area (Å²) >= 11 is 0. The van der Waals surface area contributed by atoms with Crippen LogP contribution in [0.3, 0.4) is 0 Å². The Bertz CT molecular complexity index is 1730. The molecule has 0 saturated heterocycles. The van der Waals surface area contributed by atoms with Gasteiger partial charge in [-0.1, -0.05) is 42.5 Å². The van der Waals surface area contributed by atoms with E-state index in [0.29, 0.717) is 24.2 Å². The van der Waals surface area contributed by atoms with Crippen molar-refractivity contribution in [3.05, 3.63) is 99.1 Å². The first-order valence-electron chi connectivity index (χ1n) is 13.6. The van der Waals surface area contributed by atoms with Crippen molar-refractivity contribution in [2.24, 2.45) is 0 Å². The Balaban J connectivity index is 1.36. The Hall–Kier alpha value is -4.66. The zero-order chi connectivity index (χ0) is 28.7. The second kappa shape index (κ2) is 10.7. The highest BCUT2D eigenvalue weighted by molar-refractivity contribution is 5.98. The molecule has 1 amide bonds. The number of amides is 1. The second-order valence-corrected chi connectivity index (χ2v) is 10.3. The van der Waals surface area contributed by atoms with Gasteiger partial charge in [-0.3, -0.25) is 9.69 Å². The summed E-state index contributed by atoms with van der Waals surface area (Å²) in [6.45, 7) is 2.67. The lowest BCUT2D eigenvalue weighted by Crippen LogP contribution is -2.25. The molecule has 1 aliphatic carbocycles. The molecule has 210 valence electrons. The van der Waals surface area contributed by atoms with Gasteiger partial charge in [-0.05, 0) is 54.2 Å². The van der Waals surface area contributed by atoms with E-state index in [0.717, 1.165) is 29.5 Å². The van der Waals surface area contributed by atoms with Crippen LogP contribution in [0.2, 0.25) is 0 Å². The molecule has 1 aliphatic heterocycles. The number of carbonyl (C=O) groups is 2. The van der Waals surface area contributed by atoms with Gasteiger partial charge in [0.05, 0.1) is 30.2 Å². The van der Waals surface area contributed by atoms with Gasteiger partial charge in [0.1, 0.15) is 18.0 Å². The molecule has 0 spiro atoms. The van der Waals surface area contributed by atoms with Crippen LogP contribution >= 0.6 is 0 Å². The summed E-state index contributed by atoms with van der Waals surface area (Å²) in [5.74, 6) is -1.16. The molecule has 0 N–H and O–H groups in total. The van der Waals surface area contributed by atoms with Gasteiger partial charge in [0.2, 0.25) is 5.43 Å². The van der Waals surface area contributed by atoms with Crippen molar-refractivity contribution in [3.63, 3.8) is 0 Å². The highest BCUT2D eigenvalue weighted by Gasteiger charge is 2.31. The van der Waals surface area contributed by atoms with Crippen molar-refractivity contribution in [2.75, 3.05) is 13.7 Å². The Morgan fingerprint density at radius 1 is 1.00 bits per heavy atom. The van der Waals surface area contributed by atoms with Gasteiger partial charge >= 0.3 is 12.1 Å². The lowest BCUT2D eigenvalue weighted by molar-refractivity contribution is 0.0524. The molecule has 1 saturated carbocycles. The lowest BCUT2D eigenvalue weighted by atomic mass is 9.97. The highest BCUT2D eigenvalue weighted by Crippen LogP contribution is 2.44. The third kappa shape index (κ3) is 4.92. The molecule has 0 bridgehead atoms. The molecule has 2 aliphatic rings. The number of benzene rings is 3. The van der Waals surface area contributed by atoms with Crippen molar-refractivity contribution in [3.8, 4) is 16.9 Å². The van der Waals surface area contributed by atoms with Crippen LogP contribution < -0.4 is 10.2 Å². The van der Waals surface area contributed by atoms with Crippen LogP contribution in [0.1, 0.15) is 52.9 Å². The number of ether oxygens (including phenoxy) is 3. The minimum Gasteiger partial charge on any atom is -0.494 e. The normalized spacial score (nSPS) is 14.2. The summed E-state index contributed by atoms with van der Waals surface area (Å²) in [5.41, 5.74) is 3.20. The van der Waals surface area contributed by atoms with Gasteiger partial charge < -0.3 is 18.8 Å². The molecule has 1 aromatic heterocycles. The predicted molar refractivity (Wildman–Crippen MR) is 150 cm³/mol. The molecule has 0 atom stereocenters. The highest BCUT2D eigenvalue weighted by atomic mass is 19.1. The van der Waals surface area contributed by atoms with E-state index in [1.165, 1.54) is 19.4 Å². The summed E-state index contributed by atoms with van der Waals surface area (Å²) in [6.07, 6.45) is 2.81. The van der Waals surface area contributed by atoms with Crippen molar-refractivity contribution in [2.45, 2.75) is 45.5 Å². The molecule has 1 fully saturated rings. The van der Waals surface area contributed by atoms with Gasteiger partial charge in [-0.15, -0.1) is 0 Å². The number of hydrogen-bond donors (Lipinski definition) is 0. The van der Waals surface area contributed by atoms with E-state index in [2.05, 4.69) is 0 Å². The molecule has 2 heterocycles. The summed E-state index contributed by atoms with van der Waals surface area (Å²) in [6, 6.07) is 16.2. The number of pyridine rings is 1. The molecule has 9 heteroatoms. The summed E-state index contributed by atoms with van der Waals surface area (Å²) in [7, 11) is 1.44. The zero-order valence-corrected chi connectivity index (χ0v) is 22.8. The maximum atomic E-state index is 15.9. The first kappa shape index (κ1) is 26.6. The average molecular weight is 557 g/mol. The van der Waals surface area contributed by atoms with Crippen LogP contribution in [0.5, 0.6) is 5.75 Å². The molecule has 41 heavy (non-hydrogen) atoms. The SMILES string of the molecule is CCOC(=O)c1cn(C2CC2)c2c(OC)c(-c3ccc4c(c3)CN(C(=O)OCc3ccccc3)C4)c(F)cc2c1=O. The fraction of sp³-hybridized carbons (Fsp3) is 0.281. The van der Waals surface area contributed by atoms with E-state index in [9.17, 15) is 14.4 Å². The Morgan fingerprint density at radius 3 is 2.46 bits per heavy atom. The second-order valence-electron chi connectivity index (χ2n) is 10.3. The van der Waals surface area contributed by atoms with Crippen molar-refractivity contribution < 1.29 is 28.2 Å². The number of halogens is 1. The molecule has 8 nitrogen and oxygen atoms in total. The molecule has 0 unspecified atom stereocenters. The van der Waals surface area contributed by atoms with Crippen LogP contribution in [0.25, 0.3) is 22.0 Å². The van der Waals surface area contributed by atoms with Crippen LogP contribution in [0.4, 0.5) is 9.18 Å². The predicted octanol–water partition coefficient (Wildman–Crippen LogP) is 5.98. The van der Waals surface area contributed by atoms with Crippen LogP contribution in [0, 0.1) is 5.82 Å². The van der Waals surface area contributed by atoms with Crippen molar-refractivity contribution in [1.82, 2.24) is 9.47 Å². The topological polar surface area (TPSA) is 87.1 Å². The minimum atomic E-state index is -0.734. The van der Waals surface area contributed by atoms with Gasteiger partial charge in [0.25, 0.3) is 0 Å². The first-order chi connectivity index (χ1) is 19.9. The maximum Gasteiger partial charge on any atom is 0.410 e.